The summed E-state index contributed by atoms with van der Waals surface area (Å²) in [7, 11) is 0. The number of hydrogen-bond donors (Lipinski definition) is 1. The van der Waals surface area contributed by atoms with Crippen molar-refractivity contribution in [2.24, 2.45) is 0 Å². The number of amides is 1. The van der Waals surface area contributed by atoms with Gasteiger partial charge < -0.3 is 10.2 Å². The molecule has 0 radical (unpaired) electrons. The van der Waals surface area contributed by atoms with Gasteiger partial charge in [0.2, 0.25) is 0 Å². The number of nitrogens with zero attached hydrogens (tertiary/aromatic N) is 3. The second-order valence-electron chi connectivity index (χ2n) is 10.3. The van der Waals surface area contributed by atoms with Crippen LogP contribution in [0.2, 0.25) is 5.02 Å². The first-order chi connectivity index (χ1) is 20.2. The number of pyridine rings is 1. The molecule has 2 aromatic carbocycles. The van der Waals surface area contributed by atoms with Crippen LogP contribution in [0.25, 0.3) is 33.6 Å². The summed E-state index contributed by atoms with van der Waals surface area (Å²) in [6, 6.07) is 13.0. The van der Waals surface area contributed by atoms with Crippen LogP contribution in [0.15, 0.2) is 64.3 Å². The van der Waals surface area contributed by atoms with E-state index in [0.29, 0.717) is 70.8 Å². The smallest absolute Gasteiger partial charge is 0.265 e. The minimum absolute atomic E-state index is 0.0729. The molecule has 218 valence electrons. The summed E-state index contributed by atoms with van der Waals surface area (Å²) in [4.78, 5) is 35.0. The average molecular weight is 609 g/mol. The van der Waals surface area contributed by atoms with Gasteiger partial charge in [-0.3, -0.25) is 14.2 Å². The number of nitrogens with one attached hydrogen (secondary N) is 1. The lowest BCUT2D eigenvalue weighted by Gasteiger charge is -2.29. The molecule has 6 nitrogen and oxygen atoms in total. The van der Waals surface area contributed by atoms with Crippen molar-refractivity contribution in [3.8, 4) is 27.5 Å². The van der Waals surface area contributed by atoms with E-state index in [2.05, 4.69) is 5.32 Å². The van der Waals surface area contributed by atoms with Crippen LogP contribution in [0.3, 0.4) is 0 Å². The molecule has 1 saturated heterocycles. The number of aryl methyl sites for hydroxylation is 1. The molecule has 4 aromatic rings. The van der Waals surface area contributed by atoms with Gasteiger partial charge in [0.15, 0.2) is 0 Å². The summed E-state index contributed by atoms with van der Waals surface area (Å²) in [6.45, 7) is 8.32. The first-order valence-electron chi connectivity index (χ1n) is 13.8. The molecular weight excluding hydrogens is 578 g/mol. The Morgan fingerprint density at radius 3 is 2.48 bits per heavy atom. The minimum atomic E-state index is -2.56. The van der Waals surface area contributed by atoms with Crippen LogP contribution in [0.4, 0.5) is 8.78 Å². The van der Waals surface area contributed by atoms with Gasteiger partial charge in [0.1, 0.15) is 5.01 Å². The fraction of sp³-hybridized carbons (Fsp3) is 0.281. The number of allylic oxidation sites excluding steroid dienone is 1. The maximum atomic E-state index is 14.4. The van der Waals surface area contributed by atoms with E-state index < -0.39 is 6.43 Å². The van der Waals surface area contributed by atoms with Gasteiger partial charge in [0.25, 0.3) is 17.9 Å². The highest BCUT2D eigenvalue weighted by molar-refractivity contribution is 7.13. The number of thiazole rings is 1. The zero-order chi connectivity index (χ0) is 30.0. The molecular formula is C32H31ClF2N4O2S. The molecule has 5 rings (SSSR count). The fourth-order valence-electron chi connectivity index (χ4n) is 5.02. The quantitative estimate of drug-likeness (QED) is 0.240. The van der Waals surface area contributed by atoms with Gasteiger partial charge in [-0.25, -0.2) is 13.8 Å². The van der Waals surface area contributed by atoms with E-state index in [0.717, 1.165) is 11.1 Å². The number of carbonyl (C=O) groups excluding carboxylic acids is 1. The van der Waals surface area contributed by atoms with Gasteiger partial charge in [0.05, 0.1) is 28.2 Å². The normalized spacial score (nSPS) is 13.5. The molecule has 0 bridgehead atoms. The van der Waals surface area contributed by atoms with Gasteiger partial charge in [-0.2, -0.15) is 0 Å². The van der Waals surface area contributed by atoms with Gasteiger partial charge >= 0.3 is 0 Å². The summed E-state index contributed by atoms with van der Waals surface area (Å²) in [5.41, 5.74) is 4.42. The molecule has 42 heavy (non-hydrogen) atoms. The number of aromatic nitrogens is 2. The van der Waals surface area contributed by atoms with E-state index in [1.807, 2.05) is 32.9 Å². The van der Waals surface area contributed by atoms with Crippen molar-refractivity contribution in [1.82, 2.24) is 19.8 Å². The summed E-state index contributed by atoms with van der Waals surface area (Å²) < 4.78 is 27.7. The summed E-state index contributed by atoms with van der Waals surface area (Å²) in [5.74, 6) is -0.168. The summed E-state index contributed by atoms with van der Waals surface area (Å²) >= 11 is 7.71. The lowest BCUT2D eigenvalue weighted by Crippen LogP contribution is -2.47. The highest BCUT2D eigenvalue weighted by atomic mass is 35.5. The molecule has 1 amide bonds. The van der Waals surface area contributed by atoms with Gasteiger partial charge in [0, 0.05) is 47.7 Å². The Kier molecular flexibility index (Phi) is 9.01. The van der Waals surface area contributed by atoms with Gasteiger partial charge in [-0.15, -0.1) is 11.3 Å². The van der Waals surface area contributed by atoms with E-state index in [4.69, 9.17) is 16.6 Å². The van der Waals surface area contributed by atoms with Crippen LogP contribution in [0, 0.1) is 0 Å². The third-order valence-electron chi connectivity index (χ3n) is 7.16. The predicted octanol–water partition coefficient (Wildman–Crippen LogP) is 7.25. The number of alkyl halides is 2. The topological polar surface area (TPSA) is 67.2 Å². The second kappa shape index (κ2) is 12.7. The monoisotopic (exact) mass is 608 g/mol. The van der Waals surface area contributed by atoms with Crippen LogP contribution < -0.4 is 10.9 Å². The van der Waals surface area contributed by atoms with E-state index in [1.165, 1.54) is 23.5 Å². The Balaban J connectivity index is 1.76. The van der Waals surface area contributed by atoms with E-state index in [1.54, 1.807) is 45.2 Å². The van der Waals surface area contributed by atoms with Crippen molar-refractivity contribution in [3.63, 3.8) is 0 Å². The second-order valence-corrected chi connectivity index (χ2v) is 11.6. The Morgan fingerprint density at radius 1 is 1.12 bits per heavy atom. The number of hydrogen-bond acceptors (Lipinski definition) is 5. The Morgan fingerprint density at radius 2 is 1.83 bits per heavy atom. The Hall–Kier alpha value is -3.66. The van der Waals surface area contributed by atoms with Crippen LogP contribution >= 0.6 is 22.9 Å². The average Bonchev–Trinajstić information content (AvgIpc) is 3.47. The highest BCUT2D eigenvalue weighted by Crippen LogP contribution is 2.32. The molecule has 1 fully saturated rings. The van der Waals surface area contributed by atoms with Gasteiger partial charge in [-0.05, 0) is 50.1 Å². The molecule has 1 N–H and O–H groups in total. The molecule has 10 heteroatoms. The number of benzene rings is 2. The van der Waals surface area contributed by atoms with E-state index >= 15 is 0 Å². The minimum Gasteiger partial charge on any atom is -0.336 e. The molecule has 0 atom stereocenters. The Labute approximate surface area is 252 Å². The maximum absolute atomic E-state index is 14.4. The highest BCUT2D eigenvalue weighted by Gasteiger charge is 2.27. The van der Waals surface area contributed by atoms with Crippen molar-refractivity contribution in [2.45, 2.75) is 33.6 Å². The standard InChI is InChI=1S/C32H31ClF2N4O2S/c1-4-20-9-10-23(33)16-27(20)39-28(15-19(2)3)24(31(40)38-13-11-36-12-14-38)17-25(32(39)41)30-37-26(18-42-30)21-5-7-22(8-6-21)29(34)35/h5-10,15-18,29,36H,4,11-14H2,1-3H3. The van der Waals surface area contributed by atoms with Crippen LogP contribution in [-0.4, -0.2) is 46.5 Å². The van der Waals surface area contributed by atoms with Crippen LogP contribution in [-0.2, 0) is 6.42 Å². The van der Waals surface area contributed by atoms with Crippen LogP contribution in [0.5, 0.6) is 0 Å². The molecule has 2 aromatic heterocycles. The third kappa shape index (κ3) is 6.09. The molecule has 1 aliphatic rings. The first kappa shape index (κ1) is 29.8. The predicted molar refractivity (Wildman–Crippen MR) is 166 cm³/mol. The number of carbonyl (C=O) groups is 1. The Bertz CT molecular complexity index is 1700. The van der Waals surface area contributed by atoms with Crippen LogP contribution in [0.1, 0.15) is 54.4 Å². The largest absolute Gasteiger partial charge is 0.336 e. The lowest BCUT2D eigenvalue weighted by molar-refractivity contribution is 0.0735. The molecule has 0 unspecified atom stereocenters. The first-order valence-corrected chi connectivity index (χ1v) is 15.0. The molecule has 3 heterocycles. The molecule has 0 saturated carbocycles. The SMILES string of the molecule is CCc1ccc(Cl)cc1-n1c(C=C(C)C)c(C(=O)N2CCNCC2)cc(-c2nc(-c3ccc(C(F)F)cc3)cs2)c1=O. The maximum Gasteiger partial charge on any atom is 0.265 e. The molecule has 0 spiro atoms. The third-order valence-corrected chi connectivity index (χ3v) is 8.27. The lowest BCUT2D eigenvalue weighted by atomic mass is 10.0. The molecule has 1 aliphatic heterocycles. The van der Waals surface area contributed by atoms with Crippen molar-refractivity contribution < 1.29 is 13.6 Å². The van der Waals surface area contributed by atoms with Crippen molar-refractivity contribution in [3.05, 3.63) is 97.2 Å². The number of halogens is 3. The zero-order valence-corrected chi connectivity index (χ0v) is 25.2. The summed E-state index contributed by atoms with van der Waals surface area (Å²) in [6.07, 6.45) is -0.0539. The number of rotatable bonds is 7. The molecule has 0 aliphatic carbocycles. The zero-order valence-electron chi connectivity index (χ0n) is 23.6. The van der Waals surface area contributed by atoms with Crippen molar-refractivity contribution >= 4 is 34.9 Å². The van der Waals surface area contributed by atoms with Crippen molar-refractivity contribution in [2.75, 3.05) is 26.2 Å². The number of piperazine rings is 1. The van der Waals surface area contributed by atoms with Gasteiger partial charge in [-0.1, -0.05) is 54.4 Å². The van der Waals surface area contributed by atoms with E-state index in [9.17, 15) is 18.4 Å². The van der Waals surface area contributed by atoms with E-state index in [-0.39, 0.29) is 22.6 Å². The summed E-state index contributed by atoms with van der Waals surface area (Å²) in [5, 5.41) is 5.97. The van der Waals surface area contributed by atoms with Crippen molar-refractivity contribution in [1.29, 1.82) is 0 Å². The fourth-order valence-corrected chi connectivity index (χ4v) is 6.02.